The van der Waals surface area contributed by atoms with Crippen LogP contribution in [-0.4, -0.2) is 48.0 Å². The highest BCUT2D eigenvalue weighted by Crippen LogP contribution is 2.22. The number of hydrogen-bond donors (Lipinski definition) is 2. The fraction of sp³-hybridized carbons (Fsp3) is 0.148. The van der Waals surface area contributed by atoms with Crippen LogP contribution in [0.2, 0.25) is 10.0 Å². The molecule has 0 aromatic heterocycles. The van der Waals surface area contributed by atoms with Crippen LogP contribution in [0.3, 0.4) is 0 Å². The minimum atomic E-state index is -0.442. The van der Waals surface area contributed by atoms with Crippen molar-refractivity contribution < 1.29 is 9.59 Å². The van der Waals surface area contributed by atoms with E-state index in [0.29, 0.717) is 18.1 Å². The number of thiocarbonyl (C=S) groups is 1. The van der Waals surface area contributed by atoms with Gasteiger partial charge in [-0.3, -0.25) is 14.9 Å². The molecule has 1 aliphatic rings. The van der Waals surface area contributed by atoms with Gasteiger partial charge in [0, 0.05) is 48.7 Å². The Hall–Kier alpha value is -3.39. The van der Waals surface area contributed by atoms with E-state index in [-0.39, 0.29) is 21.6 Å². The first-order chi connectivity index (χ1) is 17.4. The number of amides is 2. The van der Waals surface area contributed by atoms with E-state index in [1.54, 1.807) is 18.2 Å². The second-order valence-electron chi connectivity index (χ2n) is 8.14. The van der Waals surface area contributed by atoms with Gasteiger partial charge in [-0.25, -0.2) is 0 Å². The summed E-state index contributed by atoms with van der Waals surface area (Å²) >= 11 is 17.3. The number of rotatable bonds is 5. The Morgan fingerprint density at radius 2 is 1.58 bits per heavy atom. The van der Waals surface area contributed by atoms with Crippen LogP contribution in [0.4, 0.5) is 11.4 Å². The summed E-state index contributed by atoms with van der Waals surface area (Å²) in [6.07, 6.45) is 3.48. The average molecular weight is 539 g/mol. The van der Waals surface area contributed by atoms with E-state index < -0.39 is 5.91 Å². The van der Waals surface area contributed by atoms with E-state index in [9.17, 15) is 9.59 Å². The first-order valence-electron chi connectivity index (χ1n) is 11.3. The largest absolute Gasteiger partial charge is 0.368 e. The van der Waals surface area contributed by atoms with Crippen molar-refractivity contribution in [2.24, 2.45) is 0 Å². The Morgan fingerprint density at radius 3 is 2.28 bits per heavy atom. The van der Waals surface area contributed by atoms with Crippen molar-refractivity contribution in [2.75, 3.05) is 36.4 Å². The third kappa shape index (κ3) is 6.85. The van der Waals surface area contributed by atoms with Crippen LogP contribution < -0.4 is 15.5 Å². The number of hydrogen-bond acceptors (Lipinski definition) is 4. The molecule has 1 heterocycles. The van der Waals surface area contributed by atoms with E-state index in [4.69, 9.17) is 35.4 Å². The van der Waals surface area contributed by atoms with Crippen LogP contribution in [0.5, 0.6) is 0 Å². The number of benzene rings is 3. The van der Waals surface area contributed by atoms with Crippen molar-refractivity contribution in [1.29, 1.82) is 0 Å². The van der Waals surface area contributed by atoms with E-state index in [0.717, 1.165) is 30.0 Å². The van der Waals surface area contributed by atoms with Crippen molar-refractivity contribution in [3.8, 4) is 0 Å². The quantitative estimate of drug-likeness (QED) is 0.332. The Kier molecular flexibility index (Phi) is 8.59. The van der Waals surface area contributed by atoms with Gasteiger partial charge in [0.05, 0.1) is 10.6 Å². The number of piperazine rings is 1. The van der Waals surface area contributed by atoms with Crippen molar-refractivity contribution in [2.45, 2.75) is 0 Å². The van der Waals surface area contributed by atoms with Crippen LogP contribution in [0, 0.1) is 0 Å². The maximum Gasteiger partial charge on any atom is 0.258 e. The van der Waals surface area contributed by atoms with E-state index in [1.807, 2.05) is 65.6 Å². The normalized spacial score (nSPS) is 13.5. The molecule has 2 amide bonds. The fourth-order valence-corrected chi connectivity index (χ4v) is 4.37. The number of carbonyl (C=O) groups is 2. The number of carbonyl (C=O) groups excluding carboxylic acids is 2. The SMILES string of the molecule is O=C(NC(=S)Nc1ccc(N2CCN(C(=O)/C=C/c3ccccc3)CC2)cc1)c1cc(Cl)ccc1Cl. The molecule has 36 heavy (non-hydrogen) atoms. The minimum absolute atomic E-state index is 0.0210. The summed E-state index contributed by atoms with van der Waals surface area (Å²) in [5.41, 5.74) is 3.04. The Labute approximate surface area is 225 Å². The zero-order valence-electron chi connectivity index (χ0n) is 19.3. The van der Waals surface area contributed by atoms with E-state index in [2.05, 4.69) is 15.5 Å². The topological polar surface area (TPSA) is 64.7 Å². The minimum Gasteiger partial charge on any atom is -0.368 e. The highest BCUT2D eigenvalue weighted by molar-refractivity contribution is 7.80. The van der Waals surface area contributed by atoms with Gasteiger partial charge in [0.25, 0.3) is 5.91 Å². The fourth-order valence-electron chi connectivity index (χ4n) is 3.78. The van der Waals surface area contributed by atoms with Gasteiger partial charge in [-0.15, -0.1) is 0 Å². The second kappa shape index (κ2) is 12.0. The van der Waals surface area contributed by atoms with Crippen molar-refractivity contribution in [3.05, 3.63) is 100 Å². The van der Waals surface area contributed by atoms with Crippen LogP contribution in [0.15, 0.2) is 78.9 Å². The summed E-state index contributed by atoms with van der Waals surface area (Å²) in [6.45, 7) is 2.79. The molecular formula is C27H24Cl2N4O2S. The molecule has 0 spiro atoms. The van der Waals surface area contributed by atoms with Gasteiger partial charge in [-0.2, -0.15) is 0 Å². The summed E-state index contributed by atoms with van der Waals surface area (Å²) in [4.78, 5) is 29.1. The van der Waals surface area contributed by atoms with E-state index in [1.165, 1.54) is 6.07 Å². The maximum absolute atomic E-state index is 12.5. The summed E-state index contributed by atoms with van der Waals surface area (Å²) in [6, 6.07) is 22.2. The molecule has 0 aliphatic carbocycles. The third-order valence-corrected chi connectivity index (χ3v) is 6.47. The molecule has 0 saturated carbocycles. The van der Waals surface area contributed by atoms with Gasteiger partial charge in [-0.05, 0) is 66.3 Å². The molecule has 0 unspecified atom stereocenters. The standard InChI is InChI=1S/C27H24Cl2N4O2S/c28-20-7-12-24(29)23(18-20)26(35)31-27(36)30-21-8-10-22(11-9-21)32-14-16-33(17-15-32)25(34)13-6-19-4-2-1-3-5-19/h1-13,18H,14-17H2,(H2,30,31,35,36)/b13-6+. The molecule has 0 bridgehead atoms. The molecular weight excluding hydrogens is 515 g/mol. The highest BCUT2D eigenvalue weighted by atomic mass is 35.5. The van der Waals surface area contributed by atoms with Gasteiger partial charge >= 0.3 is 0 Å². The molecule has 184 valence electrons. The summed E-state index contributed by atoms with van der Waals surface area (Å²) in [7, 11) is 0. The molecule has 1 saturated heterocycles. The first-order valence-corrected chi connectivity index (χ1v) is 12.5. The molecule has 1 aliphatic heterocycles. The molecule has 3 aromatic rings. The van der Waals surface area contributed by atoms with Gasteiger partial charge in [0.2, 0.25) is 5.91 Å². The Morgan fingerprint density at radius 1 is 0.889 bits per heavy atom. The van der Waals surface area contributed by atoms with Gasteiger partial charge < -0.3 is 15.1 Å². The van der Waals surface area contributed by atoms with Crippen molar-refractivity contribution in [3.63, 3.8) is 0 Å². The lowest BCUT2D eigenvalue weighted by Gasteiger charge is -2.35. The molecule has 9 heteroatoms. The lowest BCUT2D eigenvalue weighted by molar-refractivity contribution is -0.126. The van der Waals surface area contributed by atoms with Gasteiger partial charge in [0.1, 0.15) is 0 Å². The predicted octanol–water partition coefficient (Wildman–Crippen LogP) is 5.48. The molecule has 3 aromatic carbocycles. The molecule has 1 fully saturated rings. The second-order valence-corrected chi connectivity index (χ2v) is 9.39. The smallest absolute Gasteiger partial charge is 0.258 e. The lowest BCUT2D eigenvalue weighted by Crippen LogP contribution is -2.48. The molecule has 0 radical (unpaired) electrons. The lowest BCUT2D eigenvalue weighted by atomic mass is 10.2. The average Bonchev–Trinajstić information content (AvgIpc) is 2.89. The number of anilines is 2. The van der Waals surface area contributed by atoms with Crippen molar-refractivity contribution in [1.82, 2.24) is 10.2 Å². The molecule has 6 nitrogen and oxygen atoms in total. The number of nitrogens with one attached hydrogen (secondary N) is 2. The van der Waals surface area contributed by atoms with Crippen LogP contribution >= 0.6 is 35.4 Å². The monoisotopic (exact) mass is 538 g/mol. The number of nitrogens with zero attached hydrogens (tertiary/aromatic N) is 2. The molecule has 2 N–H and O–H groups in total. The van der Waals surface area contributed by atoms with Crippen LogP contribution in [-0.2, 0) is 4.79 Å². The van der Waals surface area contributed by atoms with Crippen LogP contribution in [0.1, 0.15) is 15.9 Å². The summed E-state index contributed by atoms with van der Waals surface area (Å²) in [5.74, 6) is -0.421. The van der Waals surface area contributed by atoms with E-state index >= 15 is 0 Å². The first kappa shape index (κ1) is 25.7. The number of halogens is 2. The Balaban J connectivity index is 1.26. The maximum atomic E-state index is 12.5. The summed E-state index contributed by atoms with van der Waals surface area (Å²) < 4.78 is 0. The zero-order chi connectivity index (χ0) is 25.5. The molecule has 0 atom stereocenters. The zero-order valence-corrected chi connectivity index (χ0v) is 21.6. The molecule has 4 rings (SSSR count). The van der Waals surface area contributed by atoms with Crippen LogP contribution in [0.25, 0.3) is 6.08 Å². The third-order valence-electron chi connectivity index (χ3n) is 5.70. The predicted molar refractivity (Wildman–Crippen MR) is 151 cm³/mol. The Bertz CT molecular complexity index is 1270. The van der Waals surface area contributed by atoms with Crippen molar-refractivity contribution >= 4 is 69.8 Å². The van der Waals surface area contributed by atoms with Gasteiger partial charge in [-0.1, -0.05) is 53.5 Å². The van der Waals surface area contributed by atoms with Gasteiger partial charge in [0.15, 0.2) is 5.11 Å². The highest BCUT2D eigenvalue weighted by Gasteiger charge is 2.20. The summed E-state index contributed by atoms with van der Waals surface area (Å²) in [5, 5.41) is 6.46.